The number of hydrogen-bond acceptors (Lipinski definition) is 3. The lowest BCUT2D eigenvalue weighted by molar-refractivity contribution is -0.384. The highest BCUT2D eigenvalue weighted by atomic mass is 16.6. The topological polar surface area (TPSA) is 55.2 Å². The predicted octanol–water partition coefficient (Wildman–Crippen LogP) is 7.63. The third-order valence-corrected chi connectivity index (χ3v) is 6.59. The zero-order chi connectivity index (χ0) is 22.0. The lowest BCUT2D eigenvalue weighted by Gasteiger charge is -2.32. The van der Waals surface area contributed by atoms with Gasteiger partial charge in [-0.05, 0) is 65.8 Å². The zero-order valence-electron chi connectivity index (χ0n) is 18.5. The van der Waals surface area contributed by atoms with E-state index in [9.17, 15) is 10.1 Å². The molecule has 1 atom stereocenters. The van der Waals surface area contributed by atoms with Crippen LogP contribution in [0.1, 0.15) is 69.2 Å². The number of hydrogen-bond donors (Lipinski definition) is 1. The Bertz CT molecular complexity index is 1090. The third-order valence-electron chi connectivity index (χ3n) is 6.59. The van der Waals surface area contributed by atoms with Gasteiger partial charge in [-0.25, -0.2) is 0 Å². The predicted molar refractivity (Wildman–Crippen MR) is 128 cm³/mol. The fourth-order valence-electron chi connectivity index (χ4n) is 5.28. The van der Waals surface area contributed by atoms with Gasteiger partial charge in [0.2, 0.25) is 0 Å². The average molecular weight is 415 g/mol. The van der Waals surface area contributed by atoms with E-state index in [2.05, 4.69) is 68.6 Å². The summed E-state index contributed by atoms with van der Waals surface area (Å²) in [5, 5.41) is 15.2. The minimum absolute atomic E-state index is 0.173. The van der Waals surface area contributed by atoms with Gasteiger partial charge in [-0.1, -0.05) is 63.1 Å². The molecule has 0 unspecified atom stereocenters. The Labute approximate surface area is 184 Å². The summed E-state index contributed by atoms with van der Waals surface area (Å²) >= 11 is 0. The summed E-state index contributed by atoms with van der Waals surface area (Å²) in [7, 11) is 0. The molecule has 1 aliphatic rings. The van der Waals surface area contributed by atoms with E-state index < -0.39 is 0 Å². The molecule has 4 nitrogen and oxygen atoms in total. The first kappa shape index (κ1) is 21.1. The molecule has 0 aromatic heterocycles. The molecule has 160 valence electrons. The molecule has 0 spiro atoms. The molecular formula is C27H30N2O2. The highest BCUT2D eigenvalue weighted by molar-refractivity contribution is 5.83. The van der Waals surface area contributed by atoms with Crippen LogP contribution in [0.3, 0.4) is 0 Å². The number of nitrogens with zero attached hydrogens (tertiary/aromatic N) is 1. The molecular weight excluding hydrogens is 384 g/mol. The molecule has 0 amide bonds. The molecule has 4 rings (SSSR count). The molecule has 31 heavy (non-hydrogen) atoms. The number of rotatable bonds is 8. The molecule has 3 aromatic carbocycles. The number of anilines is 1. The van der Waals surface area contributed by atoms with Crippen LogP contribution in [0.5, 0.6) is 0 Å². The minimum Gasteiger partial charge on any atom is -0.379 e. The number of benzene rings is 3. The van der Waals surface area contributed by atoms with E-state index in [1.165, 1.54) is 16.7 Å². The van der Waals surface area contributed by atoms with Crippen molar-refractivity contribution in [2.45, 2.75) is 57.9 Å². The van der Waals surface area contributed by atoms with E-state index in [4.69, 9.17) is 0 Å². The highest BCUT2D eigenvalue weighted by Gasteiger charge is 2.42. The Hall–Kier alpha value is -3.14. The van der Waals surface area contributed by atoms with Crippen LogP contribution in [-0.4, -0.2) is 4.92 Å². The third kappa shape index (κ3) is 3.71. The van der Waals surface area contributed by atoms with Gasteiger partial charge in [0.05, 0.1) is 4.92 Å². The standard InChI is InChI=1S/C27H30N2O2/c1-4-15-27(16-5-2)25-17-21(28-19(3)20-9-7-6-8-10-20)11-13-23(25)24-14-12-22(29(30)31)18-26(24)27/h6-14,17-19,28H,4-5,15-16H2,1-3H3/t19-/m1/s1. The van der Waals surface area contributed by atoms with Gasteiger partial charge in [0.15, 0.2) is 0 Å². The second kappa shape index (κ2) is 8.54. The van der Waals surface area contributed by atoms with Gasteiger partial charge in [0.25, 0.3) is 5.69 Å². The van der Waals surface area contributed by atoms with Crippen molar-refractivity contribution in [3.63, 3.8) is 0 Å². The largest absolute Gasteiger partial charge is 0.379 e. The van der Waals surface area contributed by atoms with Gasteiger partial charge < -0.3 is 5.32 Å². The first-order chi connectivity index (χ1) is 15.0. The van der Waals surface area contributed by atoms with Crippen LogP contribution >= 0.6 is 0 Å². The summed E-state index contributed by atoms with van der Waals surface area (Å²) in [6.07, 6.45) is 4.03. The number of non-ortho nitro benzene ring substituents is 1. The van der Waals surface area contributed by atoms with Crippen LogP contribution < -0.4 is 5.32 Å². The zero-order valence-corrected chi connectivity index (χ0v) is 18.5. The number of nitro groups is 1. The lowest BCUT2D eigenvalue weighted by atomic mass is 9.71. The van der Waals surface area contributed by atoms with Crippen molar-refractivity contribution in [3.05, 3.63) is 93.5 Å². The fraction of sp³-hybridized carbons (Fsp3) is 0.333. The van der Waals surface area contributed by atoms with Crippen molar-refractivity contribution in [2.75, 3.05) is 5.32 Å². The van der Waals surface area contributed by atoms with Gasteiger partial charge in [0, 0.05) is 29.3 Å². The molecule has 1 N–H and O–H groups in total. The SMILES string of the molecule is CCCC1(CCC)c2cc(N[C@H](C)c3ccccc3)ccc2-c2ccc([N+](=O)[O-])cc21. The average Bonchev–Trinajstić information content (AvgIpc) is 3.04. The van der Waals surface area contributed by atoms with Gasteiger partial charge in [0.1, 0.15) is 0 Å². The maximum Gasteiger partial charge on any atom is 0.269 e. The van der Waals surface area contributed by atoms with E-state index in [0.717, 1.165) is 42.5 Å². The number of nitrogens with one attached hydrogen (secondary N) is 1. The second-order valence-corrected chi connectivity index (χ2v) is 8.61. The normalized spacial score (nSPS) is 14.5. The van der Waals surface area contributed by atoms with E-state index >= 15 is 0 Å². The Balaban J connectivity index is 1.80. The number of fused-ring (bicyclic) bond motifs is 3. The smallest absolute Gasteiger partial charge is 0.269 e. The Morgan fingerprint density at radius 2 is 1.52 bits per heavy atom. The van der Waals surface area contributed by atoms with Crippen molar-refractivity contribution in [3.8, 4) is 11.1 Å². The summed E-state index contributed by atoms with van der Waals surface area (Å²) < 4.78 is 0. The van der Waals surface area contributed by atoms with Gasteiger partial charge in [-0.3, -0.25) is 10.1 Å². The van der Waals surface area contributed by atoms with Crippen LogP contribution in [0.4, 0.5) is 11.4 Å². The summed E-state index contributed by atoms with van der Waals surface area (Å²) in [4.78, 5) is 11.2. The molecule has 0 radical (unpaired) electrons. The first-order valence-corrected chi connectivity index (χ1v) is 11.3. The second-order valence-electron chi connectivity index (χ2n) is 8.61. The maximum atomic E-state index is 11.5. The Kier molecular flexibility index (Phi) is 5.81. The molecule has 4 heteroatoms. The maximum absolute atomic E-state index is 11.5. The first-order valence-electron chi connectivity index (χ1n) is 11.3. The number of nitro benzene ring substituents is 1. The van der Waals surface area contributed by atoms with E-state index in [0.29, 0.717) is 0 Å². The summed E-state index contributed by atoms with van der Waals surface area (Å²) in [6.45, 7) is 6.57. The van der Waals surface area contributed by atoms with E-state index in [1.54, 1.807) is 6.07 Å². The summed E-state index contributed by atoms with van der Waals surface area (Å²) in [5.41, 5.74) is 7.12. The quantitative estimate of drug-likeness (QED) is 0.304. The van der Waals surface area contributed by atoms with Crippen molar-refractivity contribution in [1.29, 1.82) is 0 Å². The summed E-state index contributed by atoms with van der Waals surface area (Å²) in [5.74, 6) is 0. The van der Waals surface area contributed by atoms with Crippen LogP contribution in [0.2, 0.25) is 0 Å². The molecule has 0 saturated heterocycles. The van der Waals surface area contributed by atoms with Crippen LogP contribution in [0, 0.1) is 10.1 Å². The van der Waals surface area contributed by atoms with Gasteiger partial charge in [-0.15, -0.1) is 0 Å². The molecule has 0 aliphatic heterocycles. The van der Waals surface area contributed by atoms with Crippen molar-refractivity contribution in [1.82, 2.24) is 0 Å². The Morgan fingerprint density at radius 1 is 0.903 bits per heavy atom. The van der Waals surface area contributed by atoms with Crippen LogP contribution in [0.15, 0.2) is 66.7 Å². The molecule has 0 bridgehead atoms. The molecule has 0 heterocycles. The van der Waals surface area contributed by atoms with Gasteiger partial charge in [-0.2, -0.15) is 0 Å². The van der Waals surface area contributed by atoms with Crippen LogP contribution in [-0.2, 0) is 5.41 Å². The monoisotopic (exact) mass is 414 g/mol. The van der Waals surface area contributed by atoms with Crippen molar-refractivity contribution < 1.29 is 4.92 Å². The summed E-state index contributed by atoms with van der Waals surface area (Å²) in [6, 6.07) is 22.6. The van der Waals surface area contributed by atoms with E-state index in [1.807, 2.05) is 18.2 Å². The molecule has 0 fully saturated rings. The molecule has 1 aliphatic carbocycles. The van der Waals surface area contributed by atoms with Gasteiger partial charge >= 0.3 is 0 Å². The van der Waals surface area contributed by atoms with Crippen LogP contribution in [0.25, 0.3) is 11.1 Å². The minimum atomic E-state index is -0.277. The van der Waals surface area contributed by atoms with E-state index in [-0.39, 0.29) is 22.1 Å². The molecule has 3 aromatic rings. The lowest BCUT2D eigenvalue weighted by Crippen LogP contribution is -2.25. The Morgan fingerprint density at radius 3 is 2.13 bits per heavy atom. The van der Waals surface area contributed by atoms with Crippen molar-refractivity contribution >= 4 is 11.4 Å². The van der Waals surface area contributed by atoms with Crippen molar-refractivity contribution in [2.24, 2.45) is 0 Å². The fourth-order valence-corrected chi connectivity index (χ4v) is 5.28. The highest BCUT2D eigenvalue weighted by Crippen LogP contribution is 2.55. The molecule has 0 saturated carbocycles.